The first kappa shape index (κ1) is 13.1. The van der Waals surface area contributed by atoms with Crippen LogP contribution in [0.25, 0.3) is 0 Å². The Balaban J connectivity index is 2.00. The van der Waals surface area contributed by atoms with Gasteiger partial charge in [0.25, 0.3) is 0 Å². The van der Waals surface area contributed by atoms with Crippen molar-refractivity contribution < 1.29 is 4.74 Å². The zero-order valence-corrected chi connectivity index (χ0v) is 12.2. The van der Waals surface area contributed by atoms with E-state index in [0.29, 0.717) is 11.1 Å². The topological polar surface area (TPSA) is 25.4 Å². The maximum atomic E-state index is 6.17. The summed E-state index contributed by atoms with van der Waals surface area (Å²) in [6.07, 6.45) is 5.62. The van der Waals surface area contributed by atoms with E-state index in [9.17, 15) is 0 Å². The van der Waals surface area contributed by atoms with E-state index in [2.05, 4.69) is 25.8 Å². The molecule has 0 radical (unpaired) electrons. The fourth-order valence-electron chi connectivity index (χ4n) is 2.03. The molecule has 1 aliphatic rings. The minimum atomic E-state index is 0.301. The van der Waals surface area contributed by atoms with Crippen molar-refractivity contribution in [1.82, 2.24) is 4.98 Å². The predicted octanol–water partition coefficient (Wildman–Crippen LogP) is 3.50. The van der Waals surface area contributed by atoms with Crippen LogP contribution in [0.1, 0.15) is 19.3 Å². The van der Waals surface area contributed by atoms with Crippen LogP contribution in [0.4, 0.5) is 5.82 Å². The standard InChI is InChI=1S/C12H16BrClN2O/c1-16(8-10-4-2-3-5-17-10)12-11(14)6-9(13)7-15-12/h6-7,10H,2-5,8H2,1H3. The van der Waals surface area contributed by atoms with Gasteiger partial charge in [0, 0.05) is 30.9 Å². The van der Waals surface area contributed by atoms with Gasteiger partial charge < -0.3 is 9.64 Å². The first-order valence-corrected chi connectivity index (χ1v) is 6.97. The molecule has 1 fully saturated rings. The third-order valence-electron chi connectivity index (χ3n) is 2.90. The zero-order chi connectivity index (χ0) is 12.3. The summed E-state index contributed by atoms with van der Waals surface area (Å²) >= 11 is 9.52. The van der Waals surface area contributed by atoms with E-state index in [0.717, 1.165) is 29.9 Å². The highest BCUT2D eigenvalue weighted by molar-refractivity contribution is 9.10. The second-order valence-electron chi connectivity index (χ2n) is 4.33. The van der Waals surface area contributed by atoms with Gasteiger partial charge in [0.2, 0.25) is 0 Å². The molecule has 0 bridgehead atoms. The number of pyridine rings is 1. The van der Waals surface area contributed by atoms with E-state index < -0.39 is 0 Å². The first-order valence-electron chi connectivity index (χ1n) is 5.80. The van der Waals surface area contributed by atoms with E-state index in [1.165, 1.54) is 12.8 Å². The molecular weight excluding hydrogens is 304 g/mol. The molecule has 0 amide bonds. The minimum Gasteiger partial charge on any atom is -0.376 e. The molecule has 94 valence electrons. The molecular formula is C12H16BrClN2O. The molecule has 1 aromatic heterocycles. The molecule has 0 aromatic carbocycles. The number of likely N-dealkylation sites (N-methyl/N-ethyl adjacent to an activating group) is 1. The highest BCUT2D eigenvalue weighted by atomic mass is 79.9. The summed E-state index contributed by atoms with van der Waals surface area (Å²) in [6.45, 7) is 1.72. The third kappa shape index (κ3) is 3.57. The van der Waals surface area contributed by atoms with Crippen molar-refractivity contribution in [3.8, 4) is 0 Å². The van der Waals surface area contributed by atoms with E-state index in [4.69, 9.17) is 16.3 Å². The Morgan fingerprint density at radius 3 is 3.06 bits per heavy atom. The summed E-state index contributed by atoms with van der Waals surface area (Å²) in [5.41, 5.74) is 0. The van der Waals surface area contributed by atoms with Gasteiger partial charge in [-0.3, -0.25) is 0 Å². The minimum absolute atomic E-state index is 0.301. The lowest BCUT2D eigenvalue weighted by molar-refractivity contribution is 0.0215. The summed E-state index contributed by atoms with van der Waals surface area (Å²) in [4.78, 5) is 6.40. The van der Waals surface area contributed by atoms with E-state index in [1.807, 2.05) is 13.1 Å². The van der Waals surface area contributed by atoms with Crippen LogP contribution in [-0.2, 0) is 4.74 Å². The highest BCUT2D eigenvalue weighted by Gasteiger charge is 2.17. The highest BCUT2D eigenvalue weighted by Crippen LogP contribution is 2.26. The zero-order valence-electron chi connectivity index (χ0n) is 9.83. The Kier molecular flexibility index (Phi) is 4.65. The SMILES string of the molecule is CN(CC1CCCCO1)c1ncc(Br)cc1Cl. The van der Waals surface area contributed by atoms with Gasteiger partial charge in [-0.15, -0.1) is 0 Å². The van der Waals surface area contributed by atoms with Crippen molar-refractivity contribution in [2.45, 2.75) is 25.4 Å². The first-order chi connectivity index (χ1) is 8.16. The average Bonchev–Trinajstić information content (AvgIpc) is 2.30. The van der Waals surface area contributed by atoms with Gasteiger partial charge in [-0.25, -0.2) is 4.98 Å². The van der Waals surface area contributed by atoms with Crippen molar-refractivity contribution >= 4 is 33.3 Å². The van der Waals surface area contributed by atoms with Gasteiger partial charge in [-0.05, 0) is 41.3 Å². The van der Waals surface area contributed by atoms with E-state index in [-0.39, 0.29) is 0 Å². The quantitative estimate of drug-likeness (QED) is 0.852. The molecule has 0 spiro atoms. The number of hydrogen-bond acceptors (Lipinski definition) is 3. The van der Waals surface area contributed by atoms with Gasteiger partial charge in [-0.2, -0.15) is 0 Å². The molecule has 1 unspecified atom stereocenters. The number of nitrogens with zero attached hydrogens (tertiary/aromatic N) is 2. The Hall–Kier alpha value is -0.320. The molecule has 5 heteroatoms. The Morgan fingerprint density at radius 1 is 1.59 bits per heavy atom. The third-order valence-corrected chi connectivity index (χ3v) is 3.61. The van der Waals surface area contributed by atoms with Crippen molar-refractivity contribution in [2.24, 2.45) is 0 Å². The second kappa shape index (κ2) is 6.03. The molecule has 3 nitrogen and oxygen atoms in total. The number of aromatic nitrogens is 1. The molecule has 1 saturated heterocycles. The maximum Gasteiger partial charge on any atom is 0.147 e. The summed E-state index contributed by atoms with van der Waals surface area (Å²) in [6, 6.07) is 1.86. The lowest BCUT2D eigenvalue weighted by atomic mass is 10.1. The molecule has 1 aromatic rings. The number of halogens is 2. The van der Waals surface area contributed by atoms with Crippen molar-refractivity contribution in [3.63, 3.8) is 0 Å². The number of rotatable bonds is 3. The van der Waals surface area contributed by atoms with Gasteiger partial charge in [0.15, 0.2) is 0 Å². The molecule has 1 aliphatic heterocycles. The van der Waals surface area contributed by atoms with Crippen LogP contribution in [0, 0.1) is 0 Å². The van der Waals surface area contributed by atoms with Crippen LogP contribution in [0.2, 0.25) is 5.02 Å². The molecule has 0 N–H and O–H groups in total. The van der Waals surface area contributed by atoms with Crippen LogP contribution >= 0.6 is 27.5 Å². The molecule has 0 saturated carbocycles. The molecule has 2 rings (SSSR count). The molecule has 2 heterocycles. The lowest BCUT2D eigenvalue weighted by Crippen LogP contribution is -2.33. The van der Waals surface area contributed by atoms with Crippen LogP contribution < -0.4 is 4.90 Å². The van der Waals surface area contributed by atoms with E-state index >= 15 is 0 Å². The molecule has 1 atom stereocenters. The number of ether oxygens (including phenoxy) is 1. The van der Waals surface area contributed by atoms with Gasteiger partial charge >= 0.3 is 0 Å². The fraction of sp³-hybridized carbons (Fsp3) is 0.583. The van der Waals surface area contributed by atoms with Crippen molar-refractivity contribution in [1.29, 1.82) is 0 Å². The van der Waals surface area contributed by atoms with Crippen molar-refractivity contribution in [3.05, 3.63) is 21.8 Å². The monoisotopic (exact) mass is 318 g/mol. The average molecular weight is 320 g/mol. The summed E-state index contributed by atoms with van der Waals surface area (Å²) in [7, 11) is 2.00. The van der Waals surface area contributed by atoms with E-state index in [1.54, 1.807) is 6.20 Å². The summed E-state index contributed by atoms with van der Waals surface area (Å²) in [5.74, 6) is 0.809. The van der Waals surface area contributed by atoms with Gasteiger partial charge in [0.1, 0.15) is 5.82 Å². The second-order valence-corrected chi connectivity index (χ2v) is 5.65. The van der Waals surface area contributed by atoms with Crippen LogP contribution in [0.5, 0.6) is 0 Å². The maximum absolute atomic E-state index is 6.17. The molecule has 0 aliphatic carbocycles. The lowest BCUT2D eigenvalue weighted by Gasteiger charge is -2.28. The number of hydrogen-bond donors (Lipinski definition) is 0. The Labute approximate surface area is 115 Å². The summed E-state index contributed by atoms with van der Waals surface area (Å²) in [5, 5.41) is 0.665. The van der Waals surface area contributed by atoms with Gasteiger partial charge in [-0.1, -0.05) is 11.6 Å². The van der Waals surface area contributed by atoms with Crippen LogP contribution in [0.15, 0.2) is 16.7 Å². The molecule has 17 heavy (non-hydrogen) atoms. The predicted molar refractivity (Wildman–Crippen MR) is 73.8 cm³/mol. The normalized spacial score (nSPS) is 20.3. The summed E-state index contributed by atoms with van der Waals surface area (Å²) < 4.78 is 6.61. The number of anilines is 1. The van der Waals surface area contributed by atoms with Crippen LogP contribution in [-0.4, -0.2) is 31.3 Å². The van der Waals surface area contributed by atoms with Crippen molar-refractivity contribution in [2.75, 3.05) is 25.1 Å². The fourth-order valence-corrected chi connectivity index (χ4v) is 2.81. The Bertz CT molecular complexity index is 383. The Morgan fingerprint density at radius 2 is 2.41 bits per heavy atom. The van der Waals surface area contributed by atoms with Gasteiger partial charge in [0.05, 0.1) is 11.1 Å². The smallest absolute Gasteiger partial charge is 0.147 e. The van der Waals surface area contributed by atoms with Crippen LogP contribution in [0.3, 0.4) is 0 Å². The largest absolute Gasteiger partial charge is 0.376 e.